The van der Waals surface area contributed by atoms with E-state index in [1.165, 1.54) is 16.7 Å². The van der Waals surface area contributed by atoms with Crippen LogP contribution in [0.4, 0.5) is 0 Å². The van der Waals surface area contributed by atoms with E-state index in [-0.39, 0.29) is 4.75 Å². The quantitative estimate of drug-likeness (QED) is 0.526. The number of benzene rings is 3. The molecule has 0 nitrogen and oxygen atoms in total. The van der Waals surface area contributed by atoms with Gasteiger partial charge in [0, 0.05) is 0 Å². The van der Waals surface area contributed by atoms with Gasteiger partial charge >= 0.3 is 0 Å². The van der Waals surface area contributed by atoms with Crippen LogP contribution in [0.1, 0.15) is 23.1 Å². The zero-order chi connectivity index (χ0) is 17.0. The van der Waals surface area contributed by atoms with Gasteiger partial charge in [0.1, 0.15) is 0 Å². The fourth-order valence-electron chi connectivity index (χ4n) is 3.76. The van der Waals surface area contributed by atoms with Gasteiger partial charge in [0.25, 0.3) is 0 Å². The summed E-state index contributed by atoms with van der Waals surface area (Å²) < 4.78 is -0.00326. The molecular weight excluding hydrogens is 320 g/mol. The zero-order valence-corrected chi connectivity index (χ0v) is 15.0. The lowest BCUT2D eigenvalue weighted by molar-refractivity contribution is 0.511. The second-order valence-electron chi connectivity index (χ2n) is 6.66. The molecule has 0 aromatic heterocycles. The van der Waals surface area contributed by atoms with Gasteiger partial charge in [-0.05, 0) is 40.9 Å². The molecule has 124 valence electrons. The first kappa shape index (κ1) is 16.2. The van der Waals surface area contributed by atoms with Crippen molar-refractivity contribution in [2.24, 2.45) is 5.92 Å². The molecule has 1 unspecified atom stereocenters. The third kappa shape index (κ3) is 3.43. The van der Waals surface area contributed by atoms with E-state index in [9.17, 15) is 0 Å². The highest BCUT2D eigenvalue weighted by Crippen LogP contribution is 2.51. The summed E-state index contributed by atoms with van der Waals surface area (Å²) in [6.45, 7) is 0. The molecule has 3 aromatic carbocycles. The number of hydrogen-bond donors (Lipinski definition) is 0. The van der Waals surface area contributed by atoms with Crippen molar-refractivity contribution < 1.29 is 0 Å². The average Bonchev–Trinajstić information content (AvgIpc) is 2.70. The molecule has 0 saturated carbocycles. The maximum absolute atomic E-state index is 2.39. The topological polar surface area (TPSA) is 0 Å². The molecule has 1 atom stereocenters. The van der Waals surface area contributed by atoms with E-state index in [2.05, 4.69) is 102 Å². The fraction of sp³-hybridized carbons (Fsp3) is 0.167. The van der Waals surface area contributed by atoms with Crippen molar-refractivity contribution in [2.75, 3.05) is 0 Å². The van der Waals surface area contributed by atoms with Crippen molar-refractivity contribution in [3.8, 4) is 0 Å². The minimum Gasteiger partial charge on any atom is -0.118 e. The first-order valence-electron chi connectivity index (χ1n) is 8.86. The Bertz CT molecular complexity index is 782. The molecule has 3 aromatic rings. The average molecular weight is 343 g/mol. The monoisotopic (exact) mass is 342 g/mol. The van der Waals surface area contributed by atoms with Crippen LogP contribution in [0.15, 0.2) is 102 Å². The van der Waals surface area contributed by atoms with Crippen molar-refractivity contribution >= 4 is 11.8 Å². The summed E-state index contributed by atoms with van der Waals surface area (Å²) in [6.07, 6.45) is 4.61. The number of rotatable bonds is 4. The van der Waals surface area contributed by atoms with Crippen LogP contribution < -0.4 is 0 Å². The highest BCUT2D eigenvalue weighted by Gasteiger charge is 2.38. The molecule has 1 heteroatoms. The van der Waals surface area contributed by atoms with E-state index in [1.54, 1.807) is 0 Å². The molecule has 0 N–H and O–H groups in total. The van der Waals surface area contributed by atoms with Crippen LogP contribution in [0.5, 0.6) is 0 Å². The summed E-state index contributed by atoms with van der Waals surface area (Å²) in [4.78, 5) is 0. The zero-order valence-electron chi connectivity index (χ0n) is 14.2. The molecule has 0 fully saturated rings. The molecule has 4 rings (SSSR count). The predicted octanol–water partition coefficient (Wildman–Crippen LogP) is 6.44. The molecule has 25 heavy (non-hydrogen) atoms. The normalized spacial score (nSPS) is 18.8. The summed E-state index contributed by atoms with van der Waals surface area (Å²) in [5.74, 6) is 0.545. The molecule has 0 amide bonds. The second-order valence-corrected chi connectivity index (χ2v) is 7.86. The van der Waals surface area contributed by atoms with Gasteiger partial charge in [0.05, 0.1) is 4.75 Å². The molecule has 0 spiro atoms. The van der Waals surface area contributed by atoms with Gasteiger partial charge in [-0.1, -0.05) is 97.1 Å². The van der Waals surface area contributed by atoms with Crippen LogP contribution in [0.3, 0.4) is 0 Å². The second kappa shape index (κ2) is 7.33. The summed E-state index contributed by atoms with van der Waals surface area (Å²) in [7, 11) is 0. The number of allylic oxidation sites excluding steroid dienone is 1. The summed E-state index contributed by atoms with van der Waals surface area (Å²) >= 11 is 1.95. The van der Waals surface area contributed by atoms with Crippen LogP contribution in [0.2, 0.25) is 0 Å². The number of hydrogen-bond acceptors (Lipinski definition) is 1. The Kier molecular flexibility index (Phi) is 4.76. The third-order valence-electron chi connectivity index (χ3n) is 4.99. The van der Waals surface area contributed by atoms with E-state index < -0.39 is 0 Å². The highest BCUT2D eigenvalue weighted by atomic mass is 32.2. The third-order valence-corrected chi connectivity index (χ3v) is 6.32. The SMILES string of the molecule is C1=CC(Cc2ccccc2)CC(c2ccccc2)(c2ccccc2)S1. The fourth-order valence-corrected chi connectivity index (χ4v) is 5.15. The maximum atomic E-state index is 2.39. The Morgan fingerprint density at radius 2 is 1.24 bits per heavy atom. The first-order valence-corrected chi connectivity index (χ1v) is 9.74. The highest BCUT2D eigenvalue weighted by molar-refractivity contribution is 8.03. The van der Waals surface area contributed by atoms with E-state index in [0.29, 0.717) is 5.92 Å². The molecule has 0 saturated heterocycles. The Morgan fingerprint density at radius 3 is 1.80 bits per heavy atom. The molecule has 0 radical (unpaired) electrons. The summed E-state index contributed by atoms with van der Waals surface area (Å²) in [6, 6.07) is 32.8. The minimum atomic E-state index is -0.00326. The molecule has 1 aliphatic rings. The molecular formula is C24H22S. The molecule has 0 bridgehead atoms. The lowest BCUT2D eigenvalue weighted by Crippen LogP contribution is -2.29. The van der Waals surface area contributed by atoms with Crippen LogP contribution in [-0.4, -0.2) is 0 Å². The first-order chi connectivity index (χ1) is 12.4. The lowest BCUT2D eigenvalue weighted by atomic mass is 9.80. The van der Waals surface area contributed by atoms with Gasteiger partial charge in [-0.25, -0.2) is 0 Å². The largest absolute Gasteiger partial charge is 0.118 e. The van der Waals surface area contributed by atoms with Gasteiger partial charge in [-0.3, -0.25) is 0 Å². The van der Waals surface area contributed by atoms with Gasteiger partial charge in [0.2, 0.25) is 0 Å². The van der Waals surface area contributed by atoms with Crippen molar-refractivity contribution in [1.29, 1.82) is 0 Å². The van der Waals surface area contributed by atoms with Crippen LogP contribution in [-0.2, 0) is 11.2 Å². The Balaban J connectivity index is 1.71. The minimum absolute atomic E-state index is 0.00326. The maximum Gasteiger partial charge on any atom is 0.0703 e. The Labute approximate surface area is 154 Å². The molecule has 1 heterocycles. The van der Waals surface area contributed by atoms with Crippen LogP contribution >= 0.6 is 11.8 Å². The Hall–Kier alpha value is -2.25. The van der Waals surface area contributed by atoms with Crippen molar-refractivity contribution in [3.05, 3.63) is 119 Å². The van der Waals surface area contributed by atoms with E-state index in [0.717, 1.165) is 12.8 Å². The van der Waals surface area contributed by atoms with Crippen molar-refractivity contribution in [1.82, 2.24) is 0 Å². The van der Waals surface area contributed by atoms with E-state index in [4.69, 9.17) is 0 Å². The standard InChI is InChI=1S/C24H22S/c1-4-10-20(11-5-1)18-21-16-17-25-24(19-21,22-12-6-2-7-13-22)23-14-8-3-9-15-23/h1-17,21H,18-19H2. The predicted molar refractivity (Wildman–Crippen MR) is 109 cm³/mol. The van der Waals surface area contributed by atoms with Gasteiger partial charge < -0.3 is 0 Å². The van der Waals surface area contributed by atoms with Crippen molar-refractivity contribution in [2.45, 2.75) is 17.6 Å². The van der Waals surface area contributed by atoms with Crippen molar-refractivity contribution in [3.63, 3.8) is 0 Å². The summed E-state index contributed by atoms with van der Waals surface area (Å²) in [5, 5.41) is 2.32. The molecule has 1 aliphatic heterocycles. The Morgan fingerprint density at radius 1 is 0.720 bits per heavy atom. The lowest BCUT2D eigenvalue weighted by Gasteiger charge is -2.38. The summed E-state index contributed by atoms with van der Waals surface area (Å²) in [5.41, 5.74) is 4.21. The smallest absolute Gasteiger partial charge is 0.0703 e. The van der Waals surface area contributed by atoms with Gasteiger partial charge in [0.15, 0.2) is 0 Å². The van der Waals surface area contributed by atoms with Gasteiger partial charge in [-0.2, -0.15) is 0 Å². The number of thioether (sulfide) groups is 1. The van der Waals surface area contributed by atoms with E-state index in [1.807, 2.05) is 11.8 Å². The van der Waals surface area contributed by atoms with Gasteiger partial charge in [-0.15, -0.1) is 11.8 Å². The van der Waals surface area contributed by atoms with Crippen LogP contribution in [0, 0.1) is 5.92 Å². The molecule has 0 aliphatic carbocycles. The van der Waals surface area contributed by atoms with Crippen LogP contribution in [0.25, 0.3) is 0 Å². The van der Waals surface area contributed by atoms with E-state index >= 15 is 0 Å².